The molecule has 1 aromatic heterocycles. The third-order valence-electron chi connectivity index (χ3n) is 5.62. The lowest BCUT2D eigenvalue weighted by Gasteiger charge is -2.35. The van der Waals surface area contributed by atoms with E-state index in [1.165, 1.54) is 0 Å². The standard InChI is InChI=1S/C24H27ClN4O4/c1-31-20-8-4-18(5-9-20)24-27-23(33-28-24)11-10-22(30)26-16-21(29-12-14-32-15-13-29)17-2-6-19(25)7-3-17/h2-9,21H,10-16H2,1H3,(H,26,30). The Labute approximate surface area is 197 Å². The molecule has 1 aliphatic heterocycles. The molecule has 1 atom stereocenters. The van der Waals surface area contributed by atoms with Crippen LogP contribution in [0.25, 0.3) is 11.4 Å². The van der Waals surface area contributed by atoms with Gasteiger partial charge in [-0.2, -0.15) is 4.98 Å². The fourth-order valence-electron chi connectivity index (χ4n) is 3.76. The Kier molecular flexibility index (Phi) is 7.93. The average molecular weight is 471 g/mol. The van der Waals surface area contributed by atoms with Gasteiger partial charge in [0, 0.05) is 43.1 Å². The average Bonchev–Trinajstić information content (AvgIpc) is 3.34. The number of nitrogens with one attached hydrogen (secondary N) is 1. The lowest BCUT2D eigenvalue weighted by molar-refractivity contribution is -0.121. The lowest BCUT2D eigenvalue weighted by Crippen LogP contribution is -2.43. The summed E-state index contributed by atoms with van der Waals surface area (Å²) in [5.74, 6) is 1.61. The number of methoxy groups -OCH3 is 1. The van der Waals surface area contributed by atoms with Crippen molar-refractivity contribution in [2.24, 2.45) is 0 Å². The Morgan fingerprint density at radius 2 is 1.88 bits per heavy atom. The predicted molar refractivity (Wildman–Crippen MR) is 124 cm³/mol. The van der Waals surface area contributed by atoms with Crippen molar-refractivity contribution < 1.29 is 18.8 Å². The van der Waals surface area contributed by atoms with Gasteiger partial charge in [0.2, 0.25) is 17.6 Å². The van der Waals surface area contributed by atoms with Crippen molar-refractivity contribution in [3.05, 3.63) is 65.0 Å². The van der Waals surface area contributed by atoms with Crippen LogP contribution in [0.1, 0.15) is 23.9 Å². The molecule has 3 aromatic rings. The Balaban J connectivity index is 1.31. The van der Waals surface area contributed by atoms with Crippen LogP contribution in [-0.2, 0) is 16.0 Å². The highest BCUT2D eigenvalue weighted by atomic mass is 35.5. The molecule has 0 spiro atoms. The molecule has 1 saturated heterocycles. The van der Waals surface area contributed by atoms with Gasteiger partial charge in [0.1, 0.15) is 5.75 Å². The van der Waals surface area contributed by atoms with E-state index in [-0.39, 0.29) is 18.4 Å². The van der Waals surface area contributed by atoms with Gasteiger partial charge in [-0.05, 0) is 42.0 Å². The first-order valence-electron chi connectivity index (χ1n) is 10.9. The second-order valence-electron chi connectivity index (χ2n) is 7.76. The molecule has 1 amide bonds. The molecule has 0 radical (unpaired) electrons. The number of aryl methyl sites for hydroxylation is 1. The van der Waals surface area contributed by atoms with Crippen molar-refractivity contribution >= 4 is 17.5 Å². The van der Waals surface area contributed by atoms with Crippen molar-refractivity contribution in [1.82, 2.24) is 20.4 Å². The zero-order valence-corrected chi connectivity index (χ0v) is 19.3. The molecular formula is C24H27ClN4O4. The molecule has 1 fully saturated rings. The van der Waals surface area contributed by atoms with E-state index in [1.807, 2.05) is 48.5 Å². The Morgan fingerprint density at radius 1 is 1.15 bits per heavy atom. The van der Waals surface area contributed by atoms with Gasteiger partial charge in [0.05, 0.1) is 26.4 Å². The van der Waals surface area contributed by atoms with Gasteiger partial charge in [0.15, 0.2) is 0 Å². The van der Waals surface area contributed by atoms with Crippen LogP contribution in [-0.4, -0.2) is 60.9 Å². The topological polar surface area (TPSA) is 89.7 Å². The van der Waals surface area contributed by atoms with Crippen LogP contribution in [0.15, 0.2) is 53.1 Å². The number of hydrogen-bond acceptors (Lipinski definition) is 7. The smallest absolute Gasteiger partial charge is 0.227 e. The fraction of sp³-hybridized carbons (Fsp3) is 0.375. The number of benzene rings is 2. The predicted octanol–water partition coefficient (Wildman–Crippen LogP) is 3.52. The molecule has 0 bridgehead atoms. The van der Waals surface area contributed by atoms with Gasteiger partial charge in [0.25, 0.3) is 0 Å². The third kappa shape index (κ3) is 6.31. The van der Waals surface area contributed by atoms with Gasteiger partial charge < -0.3 is 19.3 Å². The number of aromatic nitrogens is 2. The fourth-order valence-corrected chi connectivity index (χ4v) is 3.89. The minimum Gasteiger partial charge on any atom is -0.497 e. The highest BCUT2D eigenvalue weighted by Crippen LogP contribution is 2.23. The summed E-state index contributed by atoms with van der Waals surface area (Å²) in [5, 5.41) is 7.76. The molecule has 2 heterocycles. The molecule has 174 valence electrons. The molecule has 0 saturated carbocycles. The third-order valence-corrected chi connectivity index (χ3v) is 5.87. The molecular weight excluding hydrogens is 444 g/mol. The van der Waals surface area contributed by atoms with E-state index in [0.29, 0.717) is 42.9 Å². The van der Waals surface area contributed by atoms with E-state index in [4.69, 9.17) is 25.6 Å². The van der Waals surface area contributed by atoms with Crippen molar-refractivity contribution in [2.45, 2.75) is 18.9 Å². The van der Waals surface area contributed by atoms with Gasteiger partial charge in [-0.25, -0.2) is 0 Å². The Morgan fingerprint density at radius 3 is 2.58 bits per heavy atom. The summed E-state index contributed by atoms with van der Waals surface area (Å²) in [6, 6.07) is 15.2. The van der Waals surface area contributed by atoms with Gasteiger partial charge in [-0.1, -0.05) is 28.9 Å². The van der Waals surface area contributed by atoms with Crippen LogP contribution >= 0.6 is 11.6 Å². The van der Waals surface area contributed by atoms with E-state index in [2.05, 4.69) is 20.4 Å². The Hall–Kier alpha value is -2.94. The first-order valence-corrected chi connectivity index (χ1v) is 11.3. The van der Waals surface area contributed by atoms with Crippen molar-refractivity contribution in [2.75, 3.05) is 40.0 Å². The van der Waals surface area contributed by atoms with Crippen molar-refractivity contribution in [1.29, 1.82) is 0 Å². The summed E-state index contributed by atoms with van der Waals surface area (Å²) in [5.41, 5.74) is 1.94. The van der Waals surface area contributed by atoms with Crippen molar-refractivity contribution in [3.63, 3.8) is 0 Å². The molecule has 9 heteroatoms. The van der Waals surface area contributed by atoms with E-state index in [0.717, 1.165) is 30.0 Å². The van der Waals surface area contributed by atoms with Crippen LogP contribution in [0, 0.1) is 0 Å². The number of amides is 1. The summed E-state index contributed by atoms with van der Waals surface area (Å²) in [6.07, 6.45) is 0.638. The number of hydrogen-bond donors (Lipinski definition) is 1. The monoisotopic (exact) mass is 470 g/mol. The summed E-state index contributed by atoms with van der Waals surface area (Å²) >= 11 is 6.05. The number of ether oxygens (including phenoxy) is 2. The van der Waals surface area contributed by atoms with Crippen LogP contribution in [0.5, 0.6) is 5.75 Å². The SMILES string of the molecule is COc1ccc(-c2noc(CCC(=O)NCC(c3ccc(Cl)cc3)N3CCOCC3)n2)cc1. The molecule has 1 aliphatic rings. The molecule has 1 N–H and O–H groups in total. The maximum Gasteiger partial charge on any atom is 0.227 e. The molecule has 8 nitrogen and oxygen atoms in total. The van der Waals surface area contributed by atoms with Crippen LogP contribution in [0.4, 0.5) is 0 Å². The van der Waals surface area contributed by atoms with Crippen LogP contribution in [0.2, 0.25) is 5.02 Å². The molecule has 33 heavy (non-hydrogen) atoms. The normalized spacial score (nSPS) is 15.2. The Bertz CT molecular complexity index is 1030. The van der Waals surface area contributed by atoms with Gasteiger partial charge in [-0.15, -0.1) is 0 Å². The van der Waals surface area contributed by atoms with Crippen LogP contribution < -0.4 is 10.1 Å². The zero-order chi connectivity index (χ0) is 23.0. The largest absolute Gasteiger partial charge is 0.497 e. The highest BCUT2D eigenvalue weighted by molar-refractivity contribution is 6.30. The lowest BCUT2D eigenvalue weighted by atomic mass is 10.0. The van der Waals surface area contributed by atoms with Crippen LogP contribution in [0.3, 0.4) is 0 Å². The highest BCUT2D eigenvalue weighted by Gasteiger charge is 2.23. The van der Waals surface area contributed by atoms with E-state index in [1.54, 1.807) is 7.11 Å². The van der Waals surface area contributed by atoms with Crippen molar-refractivity contribution in [3.8, 4) is 17.1 Å². The summed E-state index contributed by atoms with van der Waals surface area (Å²) in [6.45, 7) is 3.51. The molecule has 1 unspecified atom stereocenters. The first kappa shape index (κ1) is 23.2. The molecule has 2 aromatic carbocycles. The maximum atomic E-state index is 12.6. The summed E-state index contributed by atoms with van der Waals surface area (Å²) in [7, 11) is 1.62. The number of rotatable bonds is 9. The number of nitrogens with zero attached hydrogens (tertiary/aromatic N) is 3. The number of halogens is 1. The molecule has 0 aliphatic carbocycles. The number of carbonyl (C=O) groups is 1. The van der Waals surface area contributed by atoms with E-state index in [9.17, 15) is 4.79 Å². The summed E-state index contributed by atoms with van der Waals surface area (Å²) in [4.78, 5) is 19.3. The minimum atomic E-state index is -0.0635. The molecule has 4 rings (SSSR count). The first-order chi connectivity index (χ1) is 16.1. The van der Waals surface area contributed by atoms with Gasteiger partial charge in [-0.3, -0.25) is 9.69 Å². The maximum absolute atomic E-state index is 12.6. The van der Waals surface area contributed by atoms with E-state index < -0.39 is 0 Å². The van der Waals surface area contributed by atoms with Gasteiger partial charge >= 0.3 is 0 Å². The quantitative estimate of drug-likeness (QED) is 0.511. The van der Waals surface area contributed by atoms with E-state index >= 15 is 0 Å². The minimum absolute atomic E-state index is 0.0557. The number of morpholine rings is 1. The zero-order valence-electron chi connectivity index (χ0n) is 18.5. The number of carbonyl (C=O) groups excluding carboxylic acids is 1. The second-order valence-corrected chi connectivity index (χ2v) is 8.20. The second kappa shape index (κ2) is 11.3. The summed E-state index contributed by atoms with van der Waals surface area (Å²) < 4.78 is 16.0.